The lowest BCUT2D eigenvalue weighted by Crippen LogP contribution is -2.26. The third kappa shape index (κ3) is 1.93. The van der Waals surface area contributed by atoms with Gasteiger partial charge in [-0.25, -0.2) is 4.98 Å². The number of nitrogens with zero attached hydrogens (tertiary/aromatic N) is 1. The highest BCUT2D eigenvalue weighted by Crippen LogP contribution is 2.29. The smallest absolute Gasteiger partial charge is 0.309 e. The van der Waals surface area contributed by atoms with Gasteiger partial charge in [-0.3, -0.25) is 4.79 Å². The number of aromatic nitrogens is 1. The molecule has 0 saturated carbocycles. The fourth-order valence-electron chi connectivity index (χ4n) is 1.64. The summed E-state index contributed by atoms with van der Waals surface area (Å²) in [4.78, 5) is 15.3. The Balaban J connectivity index is 2.41. The van der Waals surface area contributed by atoms with Gasteiger partial charge >= 0.3 is 5.97 Å². The molecule has 4 heteroatoms. The third-order valence-corrected chi connectivity index (χ3v) is 3.57. The molecule has 1 aromatic heterocycles. The van der Waals surface area contributed by atoms with Gasteiger partial charge in [-0.15, -0.1) is 11.3 Å². The van der Waals surface area contributed by atoms with Crippen LogP contribution in [0.3, 0.4) is 0 Å². The second-order valence-electron chi connectivity index (χ2n) is 4.48. The zero-order valence-corrected chi connectivity index (χ0v) is 10.0. The Kier molecular flexibility index (Phi) is 2.68. The fourth-order valence-corrected chi connectivity index (χ4v) is 2.44. The van der Waals surface area contributed by atoms with Crippen LogP contribution in [0.15, 0.2) is 23.7 Å². The molecule has 1 heterocycles. The van der Waals surface area contributed by atoms with Gasteiger partial charge in [0.05, 0.1) is 21.1 Å². The van der Waals surface area contributed by atoms with E-state index < -0.39 is 11.4 Å². The number of aliphatic carboxylic acids is 1. The topological polar surface area (TPSA) is 50.2 Å². The molecule has 1 N–H and O–H groups in total. The maximum Gasteiger partial charge on any atom is 0.309 e. The highest BCUT2D eigenvalue weighted by Gasteiger charge is 2.28. The second-order valence-corrected chi connectivity index (χ2v) is 5.34. The summed E-state index contributed by atoms with van der Waals surface area (Å²) in [6.07, 6.45) is 0.530. The molecule has 2 aromatic rings. The first-order chi connectivity index (χ1) is 7.50. The van der Waals surface area contributed by atoms with Gasteiger partial charge < -0.3 is 5.11 Å². The van der Waals surface area contributed by atoms with Crippen molar-refractivity contribution < 1.29 is 9.90 Å². The Morgan fingerprint density at radius 3 is 2.94 bits per heavy atom. The molecular formula is C12H13NO2S. The predicted octanol–water partition coefficient (Wildman–Crippen LogP) is 2.95. The van der Waals surface area contributed by atoms with Crippen LogP contribution >= 0.6 is 11.3 Å². The van der Waals surface area contributed by atoms with E-state index in [-0.39, 0.29) is 0 Å². The Morgan fingerprint density at radius 1 is 1.50 bits per heavy atom. The lowest BCUT2D eigenvalue weighted by molar-refractivity contribution is -0.146. The van der Waals surface area contributed by atoms with E-state index in [1.54, 1.807) is 30.7 Å². The first-order valence-corrected chi connectivity index (χ1v) is 5.93. The van der Waals surface area contributed by atoms with Crippen molar-refractivity contribution in [2.24, 2.45) is 5.41 Å². The molecule has 16 heavy (non-hydrogen) atoms. The van der Waals surface area contributed by atoms with E-state index in [1.807, 2.05) is 18.2 Å². The molecule has 0 aliphatic rings. The number of carbonyl (C=O) groups is 1. The number of rotatable bonds is 3. The van der Waals surface area contributed by atoms with Crippen LogP contribution in [-0.2, 0) is 11.2 Å². The van der Waals surface area contributed by atoms with E-state index in [0.717, 1.165) is 15.8 Å². The zero-order valence-electron chi connectivity index (χ0n) is 9.23. The van der Waals surface area contributed by atoms with E-state index >= 15 is 0 Å². The summed E-state index contributed by atoms with van der Waals surface area (Å²) < 4.78 is 1.09. The fraction of sp³-hybridized carbons (Fsp3) is 0.333. The van der Waals surface area contributed by atoms with Gasteiger partial charge in [-0.05, 0) is 31.9 Å². The first kappa shape index (κ1) is 11.1. The molecule has 0 saturated heterocycles. The van der Waals surface area contributed by atoms with Crippen molar-refractivity contribution in [1.29, 1.82) is 0 Å². The number of fused-ring (bicyclic) bond motifs is 1. The van der Waals surface area contributed by atoms with Gasteiger partial charge in [0.1, 0.15) is 0 Å². The molecule has 84 valence electrons. The average Bonchev–Trinajstić information content (AvgIpc) is 2.65. The summed E-state index contributed by atoms with van der Waals surface area (Å²) >= 11 is 1.56. The Morgan fingerprint density at radius 2 is 2.25 bits per heavy atom. The van der Waals surface area contributed by atoms with Gasteiger partial charge in [0.15, 0.2) is 0 Å². The molecule has 0 amide bonds. The lowest BCUT2D eigenvalue weighted by atomic mass is 9.86. The quantitative estimate of drug-likeness (QED) is 0.889. The highest BCUT2D eigenvalue weighted by atomic mass is 32.1. The second kappa shape index (κ2) is 3.87. The minimum absolute atomic E-state index is 0.530. The standard InChI is InChI=1S/C12H13NO2S/c1-12(2,11(14)15)6-8-4-3-5-9-10(8)16-7-13-9/h3-5,7H,6H2,1-2H3,(H,14,15). The first-order valence-electron chi connectivity index (χ1n) is 5.05. The van der Waals surface area contributed by atoms with Crippen molar-refractivity contribution in [2.45, 2.75) is 20.3 Å². The van der Waals surface area contributed by atoms with Gasteiger partial charge in [-0.1, -0.05) is 12.1 Å². The van der Waals surface area contributed by atoms with Crippen molar-refractivity contribution in [3.05, 3.63) is 29.3 Å². The van der Waals surface area contributed by atoms with E-state index in [4.69, 9.17) is 5.11 Å². The molecule has 0 fully saturated rings. The summed E-state index contributed by atoms with van der Waals surface area (Å²) in [5.74, 6) is -0.769. The van der Waals surface area contributed by atoms with Gasteiger partial charge in [0, 0.05) is 0 Å². The van der Waals surface area contributed by atoms with Crippen molar-refractivity contribution in [3.63, 3.8) is 0 Å². The van der Waals surface area contributed by atoms with Crippen LogP contribution in [0.5, 0.6) is 0 Å². The molecule has 0 bridgehead atoms. The maximum absolute atomic E-state index is 11.1. The molecule has 1 aromatic carbocycles. The number of carboxylic acid groups (broad SMARTS) is 1. The summed E-state index contributed by atoms with van der Waals surface area (Å²) in [5, 5.41) is 9.11. The summed E-state index contributed by atoms with van der Waals surface area (Å²) in [6.45, 7) is 3.49. The van der Waals surface area contributed by atoms with Gasteiger partial charge in [0.2, 0.25) is 0 Å². The number of hydrogen-bond donors (Lipinski definition) is 1. The zero-order chi connectivity index (χ0) is 11.8. The highest BCUT2D eigenvalue weighted by molar-refractivity contribution is 7.16. The summed E-state index contributed by atoms with van der Waals surface area (Å²) in [6, 6.07) is 5.85. The number of thiazole rings is 1. The van der Waals surface area contributed by atoms with Crippen LogP contribution < -0.4 is 0 Å². The molecule has 0 unspecified atom stereocenters. The molecule has 0 spiro atoms. The van der Waals surface area contributed by atoms with Crippen molar-refractivity contribution in [2.75, 3.05) is 0 Å². The maximum atomic E-state index is 11.1. The van der Waals surface area contributed by atoms with Crippen LogP contribution in [0, 0.1) is 5.41 Å². The molecule has 3 nitrogen and oxygen atoms in total. The van der Waals surface area contributed by atoms with Gasteiger partial charge in [-0.2, -0.15) is 0 Å². The van der Waals surface area contributed by atoms with E-state index in [2.05, 4.69) is 4.98 Å². The Hall–Kier alpha value is -1.42. The minimum atomic E-state index is -0.769. The Labute approximate surface area is 97.8 Å². The van der Waals surface area contributed by atoms with E-state index in [9.17, 15) is 4.79 Å². The average molecular weight is 235 g/mol. The number of carboxylic acids is 1. The van der Waals surface area contributed by atoms with E-state index in [1.165, 1.54) is 0 Å². The van der Waals surface area contributed by atoms with Crippen molar-refractivity contribution >= 4 is 27.5 Å². The molecule has 0 aliphatic heterocycles. The minimum Gasteiger partial charge on any atom is -0.481 e. The number of benzene rings is 1. The van der Waals surface area contributed by atoms with Crippen LogP contribution in [-0.4, -0.2) is 16.1 Å². The SMILES string of the molecule is CC(C)(Cc1cccc2ncsc12)C(=O)O. The molecule has 0 aliphatic carbocycles. The molecule has 2 rings (SSSR count). The van der Waals surface area contributed by atoms with Crippen molar-refractivity contribution in [1.82, 2.24) is 4.98 Å². The monoisotopic (exact) mass is 235 g/mol. The van der Waals surface area contributed by atoms with Crippen LogP contribution in [0.1, 0.15) is 19.4 Å². The summed E-state index contributed by atoms with van der Waals surface area (Å²) in [5.41, 5.74) is 3.07. The largest absolute Gasteiger partial charge is 0.481 e. The predicted molar refractivity (Wildman–Crippen MR) is 64.7 cm³/mol. The summed E-state index contributed by atoms with van der Waals surface area (Å²) in [7, 11) is 0. The number of hydrogen-bond acceptors (Lipinski definition) is 3. The van der Waals surface area contributed by atoms with Crippen molar-refractivity contribution in [3.8, 4) is 0 Å². The van der Waals surface area contributed by atoms with E-state index in [0.29, 0.717) is 6.42 Å². The van der Waals surface area contributed by atoms with Crippen LogP contribution in [0.4, 0.5) is 0 Å². The normalized spacial score (nSPS) is 11.9. The third-order valence-electron chi connectivity index (χ3n) is 2.65. The van der Waals surface area contributed by atoms with Crippen LogP contribution in [0.2, 0.25) is 0 Å². The molecule has 0 atom stereocenters. The molecular weight excluding hydrogens is 222 g/mol. The molecule has 0 radical (unpaired) electrons. The van der Waals surface area contributed by atoms with Gasteiger partial charge in [0.25, 0.3) is 0 Å². The Bertz CT molecular complexity index is 531. The lowest BCUT2D eigenvalue weighted by Gasteiger charge is -2.19. The van der Waals surface area contributed by atoms with Crippen LogP contribution in [0.25, 0.3) is 10.2 Å².